The van der Waals surface area contributed by atoms with Gasteiger partial charge in [-0.3, -0.25) is 0 Å². The second kappa shape index (κ2) is 14.6. The zero-order chi connectivity index (χ0) is 31.7. The van der Waals surface area contributed by atoms with Crippen LogP contribution in [0.15, 0.2) is 108 Å². The molecule has 4 rings (SSSR count). The van der Waals surface area contributed by atoms with Crippen LogP contribution in [0.25, 0.3) is 0 Å². The first-order chi connectivity index (χ1) is 21.0. The third kappa shape index (κ3) is 8.88. The Labute approximate surface area is 258 Å². The summed E-state index contributed by atoms with van der Waals surface area (Å²) in [6, 6.07) is 30.4. The molecule has 1 amide bonds. The van der Waals surface area contributed by atoms with Crippen molar-refractivity contribution in [2.75, 3.05) is 0 Å². The summed E-state index contributed by atoms with van der Waals surface area (Å²) in [4.78, 5) is 17.2. The smallest absolute Gasteiger partial charge is 0.445 e. The second-order valence-electron chi connectivity index (χ2n) is 10.9. The molecule has 0 saturated heterocycles. The summed E-state index contributed by atoms with van der Waals surface area (Å²) in [5, 5.41) is 2.74. The van der Waals surface area contributed by atoms with Crippen molar-refractivity contribution in [3.8, 4) is 11.5 Å². The standard InChI is InChI=1S/C34H39N4O5P/c1-23(2)26-12-18-30(19-13-26)42-44(40,43-31-20-14-27(15-21-31)24(3)4)32(28-10-16-29(17-11-28)37-33(35)36)38-34(39)41-22-25-8-6-5-7-9-25/h5-21,23-24,32H,22H2,1-4H3,(H,38,39)(H4,35,36,37). The molecule has 9 nitrogen and oxygen atoms in total. The second-order valence-corrected chi connectivity index (χ2v) is 12.9. The molecule has 0 spiro atoms. The van der Waals surface area contributed by atoms with Gasteiger partial charge in [-0.25, -0.2) is 14.4 Å². The summed E-state index contributed by atoms with van der Waals surface area (Å²) in [6.45, 7) is 8.34. The highest BCUT2D eigenvalue weighted by Gasteiger charge is 2.42. The fourth-order valence-corrected chi connectivity index (χ4v) is 6.23. The van der Waals surface area contributed by atoms with Gasteiger partial charge in [0.05, 0.1) is 5.69 Å². The molecular weight excluding hydrogens is 575 g/mol. The van der Waals surface area contributed by atoms with Crippen molar-refractivity contribution in [3.63, 3.8) is 0 Å². The van der Waals surface area contributed by atoms with Crippen LogP contribution >= 0.6 is 7.60 Å². The largest absolute Gasteiger partial charge is 0.457 e. The van der Waals surface area contributed by atoms with E-state index in [1.807, 2.05) is 54.6 Å². The van der Waals surface area contributed by atoms with Crippen molar-refractivity contribution in [2.45, 2.75) is 51.9 Å². The van der Waals surface area contributed by atoms with Gasteiger partial charge in [0.2, 0.25) is 0 Å². The Kier molecular flexibility index (Phi) is 10.7. The molecule has 0 aliphatic carbocycles. The average molecular weight is 615 g/mol. The lowest BCUT2D eigenvalue weighted by molar-refractivity contribution is 0.137. The van der Waals surface area contributed by atoms with Gasteiger partial charge < -0.3 is 30.6 Å². The minimum Gasteiger partial charge on any atom is -0.445 e. The van der Waals surface area contributed by atoms with E-state index in [1.54, 1.807) is 48.5 Å². The number of carbonyl (C=O) groups excluding carboxylic acids is 1. The summed E-state index contributed by atoms with van der Waals surface area (Å²) >= 11 is 0. The van der Waals surface area contributed by atoms with Gasteiger partial charge in [-0.15, -0.1) is 0 Å². The number of nitrogens with one attached hydrogen (secondary N) is 1. The van der Waals surface area contributed by atoms with Gasteiger partial charge in [-0.2, -0.15) is 0 Å². The Hall–Kier alpha value is -4.75. The number of carbonyl (C=O) groups is 1. The highest BCUT2D eigenvalue weighted by molar-refractivity contribution is 7.55. The fourth-order valence-electron chi connectivity index (χ4n) is 4.35. The highest BCUT2D eigenvalue weighted by atomic mass is 31.2. The van der Waals surface area contributed by atoms with Gasteiger partial charge >= 0.3 is 13.7 Å². The molecule has 1 unspecified atom stereocenters. The molecule has 4 aromatic rings. The van der Waals surface area contributed by atoms with Crippen molar-refractivity contribution in [1.29, 1.82) is 0 Å². The summed E-state index contributed by atoms with van der Waals surface area (Å²) in [5.74, 6) is -0.151. The maximum Gasteiger partial charge on any atom is 0.457 e. The first-order valence-corrected chi connectivity index (χ1v) is 16.0. The Morgan fingerprint density at radius 2 is 1.20 bits per heavy atom. The van der Waals surface area contributed by atoms with Crippen molar-refractivity contribution < 1.29 is 23.1 Å². The molecular formula is C34H39N4O5P. The van der Waals surface area contributed by atoms with Crippen LogP contribution in [0.4, 0.5) is 10.5 Å². The lowest BCUT2D eigenvalue weighted by Crippen LogP contribution is -2.31. The van der Waals surface area contributed by atoms with E-state index in [2.05, 4.69) is 38.0 Å². The Balaban J connectivity index is 1.73. The van der Waals surface area contributed by atoms with E-state index >= 15 is 0 Å². The van der Waals surface area contributed by atoms with E-state index in [9.17, 15) is 9.36 Å². The monoisotopic (exact) mass is 614 g/mol. The van der Waals surface area contributed by atoms with Crippen LogP contribution in [0.3, 0.4) is 0 Å². The molecule has 1 atom stereocenters. The number of guanidine groups is 1. The van der Waals surface area contributed by atoms with Gasteiger partial charge in [0.1, 0.15) is 18.1 Å². The van der Waals surface area contributed by atoms with Gasteiger partial charge in [0, 0.05) is 0 Å². The van der Waals surface area contributed by atoms with Gasteiger partial charge in [0.15, 0.2) is 11.7 Å². The number of hydrogen-bond acceptors (Lipinski definition) is 6. The molecule has 10 heteroatoms. The zero-order valence-corrected chi connectivity index (χ0v) is 26.2. The number of ether oxygens (including phenoxy) is 1. The summed E-state index contributed by atoms with van der Waals surface area (Å²) in [5.41, 5.74) is 15.0. The normalized spacial score (nSPS) is 12.0. The van der Waals surface area contributed by atoms with Crippen molar-refractivity contribution in [1.82, 2.24) is 5.32 Å². The number of rotatable bonds is 12. The van der Waals surface area contributed by atoms with E-state index in [0.29, 0.717) is 34.6 Å². The number of nitrogens with zero attached hydrogens (tertiary/aromatic N) is 1. The number of hydrogen-bond donors (Lipinski definition) is 3. The molecule has 0 heterocycles. The fraction of sp³-hybridized carbons (Fsp3) is 0.235. The molecule has 230 valence electrons. The van der Waals surface area contributed by atoms with Crippen LogP contribution in [-0.2, 0) is 15.9 Å². The predicted molar refractivity (Wildman–Crippen MR) is 174 cm³/mol. The van der Waals surface area contributed by atoms with E-state index in [1.165, 1.54) is 0 Å². The van der Waals surface area contributed by atoms with Crippen molar-refractivity contribution in [2.24, 2.45) is 16.5 Å². The molecule has 0 aliphatic rings. The molecule has 44 heavy (non-hydrogen) atoms. The summed E-state index contributed by atoms with van der Waals surface area (Å²) < 4.78 is 32.9. The first kappa shape index (κ1) is 32.2. The molecule has 0 radical (unpaired) electrons. The van der Waals surface area contributed by atoms with Crippen LogP contribution in [0.2, 0.25) is 0 Å². The zero-order valence-electron chi connectivity index (χ0n) is 25.3. The maximum absolute atomic E-state index is 15.0. The Morgan fingerprint density at radius 3 is 1.66 bits per heavy atom. The summed E-state index contributed by atoms with van der Waals surface area (Å²) in [6.07, 6.45) is -0.801. The van der Waals surface area contributed by atoms with Crippen LogP contribution in [0.1, 0.15) is 67.6 Å². The third-order valence-electron chi connectivity index (χ3n) is 6.81. The van der Waals surface area contributed by atoms with Gasteiger partial charge in [-0.05, 0) is 70.5 Å². The minimum atomic E-state index is -4.26. The molecule has 0 saturated carbocycles. The first-order valence-electron chi connectivity index (χ1n) is 14.4. The Morgan fingerprint density at radius 1 is 0.727 bits per heavy atom. The van der Waals surface area contributed by atoms with Crippen molar-refractivity contribution in [3.05, 3.63) is 125 Å². The number of amides is 1. The van der Waals surface area contributed by atoms with Crippen LogP contribution in [-0.4, -0.2) is 12.1 Å². The van der Waals surface area contributed by atoms with Gasteiger partial charge in [0.25, 0.3) is 0 Å². The van der Waals surface area contributed by atoms with E-state index in [0.717, 1.165) is 16.7 Å². The SMILES string of the molecule is CC(C)c1ccc(OP(=O)(Oc2ccc(C(C)C)cc2)C(NC(=O)OCc2ccccc2)c2ccc(N=C(N)N)cc2)cc1. The topological polar surface area (TPSA) is 138 Å². The predicted octanol–water partition coefficient (Wildman–Crippen LogP) is 8.11. The summed E-state index contributed by atoms with van der Waals surface area (Å²) in [7, 11) is -4.26. The van der Waals surface area contributed by atoms with Gasteiger partial charge in [-0.1, -0.05) is 94.4 Å². The number of benzene rings is 4. The number of nitrogens with two attached hydrogens (primary N) is 2. The van der Waals surface area contributed by atoms with Crippen LogP contribution in [0.5, 0.6) is 11.5 Å². The molecule has 0 fully saturated rings. The lowest BCUT2D eigenvalue weighted by Gasteiger charge is -2.28. The highest BCUT2D eigenvalue weighted by Crippen LogP contribution is 2.59. The number of alkyl carbamates (subject to hydrolysis) is 1. The third-order valence-corrected chi connectivity index (χ3v) is 8.80. The molecule has 4 aromatic carbocycles. The van der Waals surface area contributed by atoms with Crippen LogP contribution < -0.4 is 25.8 Å². The number of aliphatic imine (C=N–C) groups is 1. The van der Waals surface area contributed by atoms with E-state index in [-0.39, 0.29) is 12.6 Å². The average Bonchev–Trinajstić information content (AvgIpc) is 3.00. The molecule has 5 N–H and O–H groups in total. The van der Waals surface area contributed by atoms with Crippen LogP contribution in [0, 0.1) is 0 Å². The van der Waals surface area contributed by atoms with Crippen molar-refractivity contribution >= 4 is 25.3 Å². The molecule has 0 aliphatic heterocycles. The molecule has 0 bridgehead atoms. The Bertz CT molecular complexity index is 1530. The minimum absolute atomic E-state index is 0.0160. The van der Waals surface area contributed by atoms with E-state index < -0.39 is 19.5 Å². The lowest BCUT2D eigenvalue weighted by atomic mass is 10.0. The van der Waals surface area contributed by atoms with E-state index in [4.69, 9.17) is 25.3 Å². The maximum atomic E-state index is 15.0. The molecule has 0 aromatic heterocycles. The quantitative estimate of drug-likeness (QED) is 0.0832.